The van der Waals surface area contributed by atoms with Crippen LogP contribution in [0.5, 0.6) is 11.8 Å². The van der Waals surface area contributed by atoms with Crippen molar-refractivity contribution in [2.24, 2.45) is 10.8 Å². The first kappa shape index (κ1) is 37.2. The van der Waals surface area contributed by atoms with Crippen molar-refractivity contribution in [1.29, 1.82) is 0 Å². The van der Waals surface area contributed by atoms with Gasteiger partial charge in [-0.25, -0.2) is 8.78 Å². The van der Waals surface area contributed by atoms with Crippen LogP contribution in [0.1, 0.15) is 63.9 Å². The van der Waals surface area contributed by atoms with Gasteiger partial charge in [-0.15, -0.1) is 0 Å². The van der Waals surface area contributed by atoms with Crippen molar-refractivity contribution in [1.82, 2.24) is 19.9 Å². The highest BCUT2D eigenvalue weighted by molar-refractivity contribution is 6.01. The molecule has 3 N–H and O–H groups in total. The number of fused-ring (bicyclic) bond motifs is 3. The van der Waals surface area contributed by atoms with Crippen LogP contribution in [0.25, 0.3) is 32.9 Å². The minimum atomic E-state index is -0.761. The molecule has 2 aliphatic carbocycles. The largest absolute Gasteiger partial charge is 0.508 e. The van der Waals surface area contributed by atoms with Crippen LogP contribution in [0.15, 0.2) is 30.5 Å². The number of halogens is 2. The van der Waals surface area contributed by atoms with E-state index in [-0.39, 0.29) is 47.1 Å². The van der Waals surface area contributed by atoms with Crippen LogP contribution >= 0.6 is 0 Å². The molecule has 3 unspecified atom stereocenters. The maximum atomic E-state index is 17.1. The highest BCUT2D eigenvalue weighted by Gasteiger charge is 2.55. The number of pyridine rings is 1. The second kappa shape index (κ2) is 15.1. The summed E-state index contributed by atoms with van der Waals surface area (Å²) >= 11 is 0. The Morgan fingerprint density at radius 3 is 2.65 bits per heavy atom. The summed E-state index contributed by atoms with van der Waals surface area (Å²) in [5, 5.41) is 29.8. The number of phenols is 1. The number of aryl methyl sites for hydroxylation is 1. The van der Waals surface area contributed by atoms with Gasteiger partial charge < -0.3 is 34.4 Å². The lowest BCUT2D eigenvalue weighted by atomic mass is 9.63. The summed E-state index contributed by atoms with van der Waals surface area (Å²) in [6.07, 6.45) is 10.2. The molecule has 5 heterocycles. The number of piperidine rings is 1. The first-order chi connectivity index (χ1) is 26.3. The normalized spacial score (nSPS) is 28.5. The number of rotatable bonds is 7. The molecule has 0 bridgehead atoms. The van der Waals surface area contributed by atoms with E-state index in [1.54, 1.807) is 12.1 Å². The van der Waals surface area contributed by atoms with Gasteiger partial charge in [0, 0.05) is 56.1 Å². The third kappa shape index (κ3) is 6.55. The zero-order valence-corrected chi connectivity index (χ0v) is 31.2. The molecule has 11 nitrogen and oxygen atoms in total. The van der Waals surface area contributed by atoms with Gasteiger partial charge in [-0.3, -0.25) is 9.88 Å². The van der Waals surface area contributed by atoms with Gasteiger partial charge in [0.25, 0.3) is 0 Å². The highest BCUT2D eigenvalue weighted by Crippen LogP contribution is 2.55. The fourth-order valence-electron chi connectivity index (χ4n) is 10.3. The number of likely N-dealkylation sites (tertiary alicyclic amines) is 1. The van der Waals surface area contributed by atoms with Crippen LogP contribution in [0.4, 0.5) is 14.6 Å². The van der Waals surface area contributed by atoms with E-state index in [1.165, 1.54) is 37.6 Å². The predicted molar refractivity (Wildman–Crippen MR) is 201 cm³/mol. The fourth-order valence-corrected chi connectivity index (χ4v) is 10.3. The SMILES string of the molecule is CCc1c(F)ccc2cc(O)cc(-c3ncc4c(N5CCOCC(O)C5)nc(OCC56CCCC5N(C5CC7(CCOC7)C5)CCC6)nc4c3F)c12.CO. The Hall–Kier alpha value is -3.75. The number of aliphatic hydroxyl groups is 2. The van der Waals surface area contributed by atoms with Crippen LogP contribution in [-0.2, 0) is 15.9 Å². The summed E-state index contributed by atoms with van der Waals surface area (Å²) < 4.78 is 50.1. The fraction of sp³-hybridized carbons (Fsp3) is 0.585. The Kier molecular flexibility index (Phi) is 10.4. The third-order valence-corrected chi connectivity index (χ3v) is 12.8. The summed E-state index contributed by atoms with van der Waals surface area (Å²) in [6.45, 7) is 6.38. The topological polar surface area (TPSA) is 134 Å². The standard InChI is InChI=1S/C40H47F2N5O5.CH4O/c1-2-28-31(41)7-6-24-15-26(48)16-29(33(24)28)35-34(42)36-30(19-43-35)37(46-12-14-50-21-27(49)20-46)45-38(44-36)52-23-40-8-3-5-32(40)47(11-4-9-40)25-17-39(18-25)10-13-51-22-39;1-2/h6-7,15-16,19,25,27,32,48-49H,2-5,8-14,17-18,20-23H2,1H3;2H,1H3. The number of anilines is 1. The molecule has 5 fully saturated rings. The van der Waals surface area contributed by atoms with Gasteiger partial charge in [-0.1, -0.05) is 19.4 Å². The Labute approximate surface area is 314 Å². The number of nitrogens with zero attached hydrogens (tertiary/aromatic N) is 5. The van der Waals surface area contributed by atoms with Crippen molar-refractivity contribution >= 4 is 27.5 Å². The zero-order valence-electron chi connectivity index (χ0n) is 31.2. The number of ether oxygens (including phenoxy) is 3. The van der Waals surface area contributed by atoms with Crippen LogP contribution in [0.2, 0.25) is 0 Å². The Morgan fingerprint density at radius 2 is 1.85 bits per heavy atom. The van der Waals surface area contributed by atoms with Crippen molar-refractivity contribution in [2.75, 3.05) is 64.7 Å². The highest BCUT2D eigenvalue weighted by atomic mass is 19.1. The van der Waals surface area contributed by atoms with Gasteiger partial charge in [0.1, 0.15) is 28.6 Å². The Bertz CT molecular complexity index is 2000. The number of benzene rings is 2. The number of aromatic nitrogens is 3. The zero-order chi connectivity index (χ0) is 37.6. The van der Waals surface area contributed by atoms with Gasteiger partial charge in [-0.05, 0) is 97.9 Å². The molecule has 3 atom stereocenters. The number of β-amino-alcohol motifs (C(OH)–C–C–N with tert-alkyl or cyclic N) is 1. The molecule has 13 heteroatoms. The second-order valence-electron chi connectivity index (χ2n) is 15.9. The summed E-state index contributed by atoms with van der Waals surface area (Å²) in [5.74, 6) is -0.788. The van der Waals surface area contributed by atoms with Crippen molar-refractivity contribution in [2.45, 2.75) is 82.9 Å². The number of aromatic hydroxyl groups is 1. The molecule has 2 saturated carbocycles. The van der Waals surface area contributed by atoms with Crippen molar-refractivity contribution in [3.63, 3.8) is 0 Å². The lowest BCUT2D eigenvalue weighted by Crippen LogP contribution is -2.60. The summed E-state index contributed by atoms with van der Waals surface area (Å²) in [7, 11) is 1.00. The molecule has 0 radical (unpaired) electrons. The number of aliphatic hydroxyl groups excluding tert-OH is 2. The molecular formula is C41H51F2N5O6. The van der Waals surface area contributed by atoms with E-state index in [4.69, 9.17) is 29.3 Å². The molecule has 54 heavy (non-hydrogen) atoms. The van der Waals surface area contributed by atoms with Crippen LogP contribution in [-0.4, -0.2) is 113 Å². The van der Waals surface area contributed by atoms with E-state index in [1.807, 2.05) is 11.8 Å². The smallest absolute Gasteiger partial charge is 0.319 e. The second-order valence-corrected chi connectivity index (χ2v) is 15.9. The molecule has 1 spiro atoms. The molecule has 2 aromatic carbocycles. The van der Waals surface area contributed by atoms with Gasteiger partial charge in [0.2, 0.25) is 0 Å². The monoisotopic (exact) mass is 747 g/mol. The van der Waals surface area contributed by atoms with Gasteiger partial charge in [0.15, 0.2) is 5.82 Å². The maximum Gasteiger partial charge on any atom is 0.319 e. The van der Waals surface area contributed by atoms with E-state index in [0.717, 1.165) is 59.0 Å². The minimum Gasteiger partial charge on any atom is -0.508 e. The maximum absolute atomic E-state index is 17.1. The summed E-state index contributed by atoms with van der Waals surface area (Å²) in [6, 6.07) is 7.00. The van der Waals surface area contributed by atoms with Crippen molar-refractivity contribution in [3.05, 3.63) is 47.7 Å². The Balaban J connectivity index is 0.00000203. The van der Waals surface area contributed by atoms with Gasteiger partial charge in [0.05, 0.1) is 37.9 Å². The predicted octanol–water partition coefficient (Wildman–Crippen LogP) is 5.78. The lowest BCUT2D eigenvalue weighted by molar-refractivity contribution is -0.0813. The van der Waals surface area contributed by atoms with E-state index < -0.39 is 17.7 Å². The molecule has 5 aliphatic rings. The summed E-state index contributed by atoms with van der Waals surface area (Å²) in [5.41, 5.74) is 0.994. The van der Waals surface area contributed by atoms with Crippen molar-refractivity contribution < 1.29 is 38.3 Å². The van der Waals surface area contributed by atoms with E-state index in [9.17, 15) is 10.2 Å². The van der Waals surface area contributed by atoms with Crippen LogP contribution in [0, 0.1) is 22.5 Å². The summed E-state index contributed by atoms with van der Waals surface area (Å²) in [4.78, 5) is 18.8. The van der Waals surface area contributed by atoms with Crippen LogP contribution < -0.4 is 9.64 Å². The molecule has 3 saturated heterocycles. The minimum absolute atomic E-state index is 0.0138. The van der Waals surface area contributed by atoms with Gasteiger partial charge in [-0.2, -0.15) is 9.97 Å². The lowest BCUT2D eigenvalue weighted by Gasteiger charge is -2.56. The van der Waals surface area contributed by atoms with Gasteiger partial charge >= 0.3 is 6.01 Å². The van der Waals surface area contributed by atoms with E-state index in [0.29, 0.717) is 71.2 Å². The average Bonchev–Trinajstić information content (AvgIpc) is 3.79. The quantitative estimate of drug-likeness (QED) is 0.213. The average molecular weight is 748 g/mol. The number of phenolic OH excluding ortho intramolecular Hbond substituents is 1. The third-order valence-electron chi connectivity index (χ3n) is 12.8. The number of hydrogen-bond donors (Lipinski definition) is 3. The molecule has 2 aromatic heterocycles. The first-order valence-electron chi connectivity index (χ1n) is 19.5. The molecule has 4 aromatic rings. The Morgan fingerprint density at radius 1 is 1.02 bits per heavy atom. The molecular weight excluding hydrogens is 696 g/mol. The van der Waals surface area contributed by atoms with Crippen molar-refractivity contribution in [3.8, 4) is 23.0 Å². The van der Waals surface area contributed by atoms with Crippen LogP contribution in [0.3, 0.4) is 0 Å². The first-order valence-corrected chi connectivity index (χ1v) is 19.5. The molecule has 3 aliphatic heterocycles. The molecule has 0 amide bonds. The van der Waals surface area contributed by atoms with E-state index >= 15 is 8.78 Å². The number of hydrogen-bond acceptors (Lipinski definition) is 11. The van der Waals surface area contributed by atoms with E-state index in [2.05, 4.69) is 9.88 Å². The molecule has 290 valence electrons. The molecule has 9 rings (SSSR count).